The predicted molar refractivity (Wildman–Crippen MR) is 140 cm³/mol. The summed E-state index contributed by atoms with van der Waals surface area (Å²) in [5, 5.41) is 6.09. The molecule has 0 amide bonds. The summed E-state index contributed by atoms with van der Waals surface area (Å²) in [5.74, 6) is 1.52. The van der Waals surface area contributed by atoms with Crippen molar-refractivity contribution >= 4 is 22.9 Å². The van der Waals surface area contributed by atoms with Gasteiger partial charge in [0.2, 0.25) is 0 Å². The molecule has 0 aromatic heterocycles. The summed E-state index contributed by atoms with van der Waals surface area (Å²) in [7, 11) is 3.36. The first kappa shape index (κ1) is 25.2. The SMILES string of the molecule is C=Cc1c(C2NCCc3cc(OC)c(OC)cc32)cc2ccccc2c1C=C.CC.CC. The van der Waals surface area contributed by atoms with Gasteiger partial charge in [-0.05, 0) is 63.2 Å². The van der Waals surface area contributed by atoms with E-state index in [0.29, 0.717) is 0 Å². The molecule has 3 heteroatoms. The van der Waals surface area contributed by atoms with Gasteiger partial charge in [-0.3, -0.25) is 0 Å². The van der Waals surface area contributed by atoms with Crippen molar-refractivity contribution in [3.8, 4) is 11.5 Å². The average Bonchev–Trinajstić information content (AvgIpc) is 2.88. The minimum absolute atomic E-state index is 0.0554. The molecular formula is C29H37NO2. The molecule has 3 nitrogen and oxygen atoms in total. The summed E-state index contributed by atoms with van der Waals surface area (Å²) in [6.45, 7) is 17.1. The number of benzene rings is 3. The Balaban J connectivity index is 0.000000860. The molecule has 1 unspecified atom stereocenters. The van der Waals surface area contributed by atoms with Crippen LogP contribution in [0, 0.1) is 0 Å². The highest BCUT2D eigenvalue weighted by molar-refractivity contribution is 5.95. The molecule has 1 N–H and O–H groups in total. The molecule has 0 saturated carbocycles. The third-order valence-corrected chi connectivity index (χ3v) is 5.58. The normalized spacial score (nSPS) is 14.1. The van der Waals surface area contributed by atoms with Crippen molar-refractivity contribution in [3.05, 3.63) is 83.4 Å². The van der Waals surface area contributed by atoms with E-state index < -0.39 is 0 Å². The maximum atomic E-state index is 5.57. The van der Waals surface area contributed by atoms with Crippen LogP contribution >= 0.6 is 0 Å². The van der Waals surface area contributed by atoms with Gasteiger partial charge in [-0.15, -0.1) is 0 Å². The summed E-state index contributed by atoms with van der Waals surface area (Å²) in [4.78, 5) is 0. The maximum absolute atomic E-state index is 5.57. The van der Waals surface area contributed by atoms with Gasteiger partial charge in [-0.1, -0.05) is 77.3 Å². The second-order valence-electron chi connectivity index (χ2n) is 6.97. The van der Waals surface area contributed by atoms with Crippen LogP contribution in [0.1, 0.15) is 61.6 Å². The smallest absolute Gasteiger partial charge is 0.161 e. The van der Waals surface area contributed by atoms with Gasteiger partial charge in [-0.25, -0.2) is 0 Å². The highest BCUT2D eigenvalue weighted by Gasteiger charge is 2.26. The summed E-state index contributed by atoms with van der Waals surface area (Å²) in [6.07, 6.45) is 4.83. The van der Waals surface area contributed by atoms with E-state index in [1.807, 2.05) is 39.8 Å². The third-order valence-electron chi connectivity index (χ3n) is 5.58. The average molecular weight is 432 g/mol. The number of ether oxygens (including phenoxy) is 2. The topological polar surface area (TPSA) is 30.5 Å². The molecule has 0 aliphatic carbocycles. The molecule has 1 atom stereocenters. The molecule has 32 heavy (non-hydrogen) atoms. The molecule has 0 bridgehead atoms. The van der Waals surface area contributed by atoms with Gasteiger partial charge >= 0.3 is 0 Å². The highest BCUT2D eigenvalue weighted by atomic mass is 16.5. The zero-order valence-corrected chi connectivity index (χ0v) is 20.4. The lowest BCUT2D eigenvalue weighted by atomic mass is 9.84. The lowest BCUT2D eigenvalue weighted by Crippen LogP contribution is -2.31. The molecule has 4 rings (SSSR count). The summed E-state index contributed by atoms with van der Waals surface area (Å²) in [6, 6.07) is 14.9. The summed E-state index contributed by atoms with van der Waals surface area (Å²) >= 11 is 0. The number of hydrogen-bond acceptors (Lipinski definition) is 3. The Morgan fingerprint density at radius 3 is 2.09 bits per heavy atom. The zero-order chi connectivity index (χ0) is 23.7. The van der Waals surface area contributed by atoms with Crippen LogP contribution in [0.5, 0.6) is 11.5 Å². The van der Waals surface area contributed by atoms with E-state index in [2.05, 4.69) is 60.9 Å². The van der Waals surface area contributed by atoms with Crippen LogP contribution in [0.25, 0.3) is 22.9 Å². The molecule has 3 aromatic rings. The molecule has 3 aromatic carbocycles. The zero-order valence-electron chi connectivity index (χ0n) is 20.4. The Bertz CT molecular complexity index is 1070. The molecular weight excluding hydrogens is 394 g/mol. The van der Waals surface area contributed by atoms with Gasteiger partial charge in [0.15, 0.2) is 11.5 Å². The largest absolute Gasteiger partial charge is 0.493 e. The van der Waals surface area contributed by atoms with Crippen molar-refractivity contribution in [2.45, 2.75) is 40.2 Å². The van der Waals surface area contributed by atoms with Crippen LogP contribution in [0.15, 0.2) is 55.6 Å². The fourth-order valence-corrected chi connectivity index (χ4v) is 4.26. The first-order valence-corrected chi connectivity index (χ1v) is 11.5. The van der Waals surface area contributed by atoms with Crippen molar-refractivity contribution in [2.75, 3.05) is 20.8 Å². The minimum Gasteiger partial charge on any atom is -0.493 e. The number of methoxy groups -OCH3 is 2. The summed E-state index contributed by atoms with van der Waals surface area (Å²) < 4.78 is 11.1. The molecule has 0 radical (unpaired) electrons. The maximum Gasteiger partial charge on any atom is 0.161 e. The lowest BCUT2D eigenvalue weighted by Gasteiger charge is -2.30. The van der Waals surface area contributed by atoms with Crippen LogP contribution in [0.2, 0.25) is 0 Å². The van der Waals surface area contributed by atoms with Crippen molar-refractivity contribution in [2.24, 2.45) is 0 Å². The molecule has 0 spiro atoms. The summed E-state index contributed by atoms with van der Waals surface area (Å²) in [5.41, 5.74) is 5.95. The van der Waals surface area contributed by atoms with Crippen LogP contribution in [0.4, 0.5) is 0 Å². The fourth-order valence-electron chi connectivity index (χ4n) is 4.26. The van der Waals surface area contributed by atoms with Gasteiger partial charge in [0.25, 0.3) is 0 Å². The molecule has 1 aliphatic heterocycles. The second kappa shape index (κ2) is 12.1. The van der Waals surface area contributed by atoms with Crippen molar-refractivity contribution in [1.29, 1.82) is 0 Å². The Kier molecular flexibility index (Phi) is 9.55. The number of rotatable bonds is 5. The van der Waals surface area contributed by atoms with E-state index in [1.54, 1.807) is 14.2 Å². The van der Waals surface area contributed by atoms with E-state index >= 15 is 0 Å². The first-order chi connectivity index (χ1) is 15.7. The monoisotopic (exact) mass is 431 g/mol. The van der Waals surface area contributed by atoms with Gasteiger partial charge in [0.1, 0.15) is 0 Å². The van der Waals surface area contributed by atoms with Gasteiger partial charge in [0, 0.05) is 6.54 Å². The van der Waals surface area contributed by atoms with E-state index in [9.17, 15) is 0 Å². The highest BCUT2D eigenvalue weighted by Crippen LogP contribution is 2.40. The Morgan fingerprint density at radius 2 is 1.47 bits per heavy atom. The van der Waals surface area contributed by atoms with Crippen LogP contribution in [-0.2, 0) is 6.42 Å². The number of fused-ring (bicyclic) bond motifs is 2. The van der Waals surface area contributed by atoms with Crippen molar-refractivity contribution in [3.63, 3.8) is 0 Å². The third kappa shape index (κ3) is 4.73. The van der Waals surface area contributed by atoms with Crippen LogP contribution in [-0.4, -0.2) is 20.8 Å². The van der Waals surface area contributed by atoms with E-state index in [4.69, 9.17) is 9.47 Å². The Labute approximate surface area is 193 Å². The van der Waals surface area contributed by atoms with E-state index in [1.165, 1.54) is 27.5 Å². The number of hydrogen-bond donors (Lipinski definition) is 1. The van der Waals surface area contributed by atoms with Gasteiger partial charge in [-0.2, -0.15) is 0 Å². The van der Waals surface area contributed by atoms with Gasteiger partial charge < -0.3 is 14.8 Å². The molecule has 0 saturated heterocycles. The van der Waals surface area contributed by atoms with Crippen LogP contribution in [0.3, 0.4) is 0 Å². The molecule has 170 valence electrons. The van der Waals surface area contributed by atoms with Crippen molar-refractivity contribution in [1.82, 2.24) is 5.32 Å². The lowest BCUT2D eigenvalue weighted by molar-refractivity contribution is 0.353. The molecule has 1 aliphatic rings. The minimum atomic E-state index is 0.0554. The number of nitrogens with one attached hydrogen (secondary N) is 1. The predicted octanol–water partition coefficient (Wildman–Crippen LogP) is 7.43. The van der Waals surface area contributed by atoms with E-state index in [-0.39, 0.29) is 6.04 Å². The van der Waals surface area contributed by atoms with Crippen LogP contribution < -0.4 is 14.8 Å². The standard InChI is InChI=1S/C25H25NO2.2C2H6/c1-5-18-19(6-2)22(13-16-9-7-8-10-20(16)18)25-21-15-24(28-4)23(27-3)14-17(21)11-12-26-25;2*1-2/h5-10,13-15,25-26H,1-2,11-12H2,3-4H3;2*1-2H3. The fraction of sp³-hybridized carbons (Fsp3) is 0.310. The second-order valence-corrected chi connectivity index (χ2v) is 6.97. The Hall–Kier alpha value is -3.04. The van der Waals surface area contributed by atoms with E-state index in [0.717, 1.165) is 35.6 Å². The molecule has 1 heterocycles. The van der Waals surface area contributed by atoms with Gasteiger partial charge in [0.05, 0.1) is 20.3 Å². The first-order valence-electron chi connectivity index (χ1n) is 11.5. The van der Waals surface area contributed by atoms with Crippen molar-refractivity contribution < 1.29 is 9.47 Å². The Morgan fingerprint density at radius 1 is 0.844 bits per heavy atom. The molecule has 0 fully saturated rings. The quantitative estimate of drug-likeness (QED) is 0.455.